The molecule has 0 bridgehead atoms. The van der Waals surface area contributed by atoms with Crippen LogP contribution in [-0.4, -0.2) is 27.0 Å². The third-order valence-electron chi connectivity index (χ3n) is 3.14. The normalized spacial score (nSPS) is 12.9. The molecule has 1 amide bonds. The zero-order valence-corrected chi connectivity index (χ0v) is 12.4. The first kappa shape index (κ1) is 14.2. The number of amides is 1. The minimum Gasteiger partial charge on any atom is -0.480 e. The number of rotatable bonds is 4. The van der Waals surface area contributed by atoms with Gasteiger partial charge in [-0.15, -0.1) is 11.3 Å². The van der Waals surface area contributed by atoms with Crippen molar-refractivity contribution >= 4 is 24.8 Å². The summed E-state index contributed by atoms with van der Waals surface area (Å²) in [5.74, 6) is -0.258. The van der Waals surface area contributed by atoms with E-state index in [1.807, 2.05) is 0 Å². The van der Waals surface area contributed by atoms with E-state index < -0.39 is 19.9 Å². The number of carbonyl (C=O) groups is 1. The minimum atomic E-state index is -4.29. The lowest BCUT2D eigenvalue weighted by molar-refractivity contribution is 0.0999. The Kier molecular flexibility index (Phi) is 3.33. The molecule has 3 rings (SSSR count). The predicted molar refractivity (Wildman–Crippen MR) is 76.4 cm³/mol. The van der Waals surface area contributed by atoms with Gasteiger partial charge < -0.3 is 20.3 Å². The molecular weight excluding hydrogens is 315 g/mol. The molecule has 1 aromatic carbocycles. The van der Waals surface area contributed by atoms with Crippen molar-refractivity contribution < 1.29 is 23.9 Å². The number of fused-ring (bicyclic) bond motifs is 3. The number of hydrogen-bond donors (Lipinski definition) is 3. The number of aromatic nitrogens is 1. The van der Waals surface area contributed by atoms with Gasteiger partial charge in [0.15, 0.2) is 6.35 Å². The van der Waals surface area contributed by atoms with Crippen LogP contribution < -0.4 is 10.5 Å². The molecule has 0 saturated carbocycles. The van der Waals surface area contributed by atoms with Crippen molar-refractivity contribution in [3.8, 4) is 17.0 Å². The summed E-state index contributed by atoms with van der Waals surface area (Å²) in [7, 11) is -4.29. The van der Waals surface area contributed by atoms with Crippen LogP contribution in [0.15, 0.2) is 17.6 Å². The highest BCUT2D eigenvalue weighted by atomic mass is 32.1. The number of carbonyl (C=O) groups excluding carboxylic acids is 1. The third-order valence-corrected chi connectivity index (χ3v) is 4.44. The number of primary amides is 1. The van der Waals surface area contributed by atoms with Crippen LogP contribution in [0.3, 0.4) is 0 Å². The van der Waals surface area contributed by atoms with Crippen molar-refractivity contribution in [1.82, 2.24) is 4.98 Å². The second kappa shape index (κ2) is 4.92. The Morgan fingerprint density at radius 2 is 2.24 bits per heavy atom. The van der Waals surface area contributed by atoms with Gasteiger partial charge in [-0.2, -0.15) is 0 Å². The Bertz CT molecular complexity index is 782. The van der Waals surface area contributed by atoms with Gasteiger partial charge in [-0.1, -0.05) is 0 Å². The molecule has 21 heavy (non-hydrogen) atoms. The molecule has 1 aliphatic carbocycles. The maximum absolute atomic E-state index is 11.5. The molecule has 0 unspecified atom stereocenters. The Balaban J connectivity index is 2.10. The van der Waals surface area contributed by atoms with Crippen LogP contribution in [0.5, 0.6) is 5.75 Å². The molecule has 110 valence electrons. The minimum absolute atomic E-state index is 0.294. The molecule has 0 radical (unpaired) electrons. The predicted octanol–water partition coefficient (Wildman–Crippen LogP) is 1.33. The van der Waals surface area contributed by atoms with Crippen molar-refractivity contribution in [3.63, 3.8) is 0 Å². The number of ether oxygens (including phenoxy) is 1. The largest absolute Gasteiger partial charge is 0.480 e. The first-order valence-electron chi connectivity index (χ1n) is 5.92. The smallest absolute Gasteiger partial charge is 0.362 e. The van der Waals surface area contributed by atoms with Gasteiger partial charge in [0.25, 0.3) is 0 Å². The van der Waals surface area contributed by atoms with Crippen molar-refractivity contribution in [1.29, 1.82) is 0 Å². The van der Waals surface area contributed by atoms with Crippen LogP contribution in [-0.2, 0) is 11.0 Å². The van der Waals surface area contributed by atoms with E-state index in [1.165, 1.54) is 23.5 Å². The van der Waals surface area contributed by atoms with Crippen LogP contribution in [0.2, 0.25) is 0 Å². The second-order valence-electron chi connectivity index (χ2n) is 4.57. The van der Waals surface area contributed by atoms with Gasteiger partial charge in [0.2, 0.25) is 5.91 Å². The quantitative estimate of drug-likeness (QED) is 0.622. The maximum Gasteiger partial charge on any atom is 0.362 e. The number of nitrogens with zero attached hydrogens (tertiary/aromatic N) is 1. The number of hydrogen-bond acceptors (Lipinski definition) is 5. The fourth-order valence-corrected chi connectivity index (χ4v) is 3.42. The SMILES string of the molecule is NC(=O)c1ccc(OCP(=O)(O)O)c2c1Cc1scnc1-2. The summed E-state index contributed by atoms with van der Waals surface area (Å²) in [5, 5.41) is 0. The van der Waals surface area contributed by atoms with Crippen LogP contribution in [0.1, 0.15) is 20.8 Å². The van der Waals surface area contributed by atoms with E-state index in [0.717, 1.165) is 4.88 Å². The number of benzene rings is 1. The third kappa shape index (κ3) is 2.58. The highest BCUT2D eigenvalue weighted by molar-refractivity contribution is 7.51. The average Bonchev–Trinajstić information content (AvgIpc) is 2.94. The molecule has 1 aliphatic rings. The highest BCUT2D eigenvalue weighted by Crippen LogP contribution is 2.46. The van der Waals surface area contributed by atoms with Gasteiger partial charge in [0, 0.05) is 22.4 Å². The molecule has 4 N–H and O–H groups in total. The fraction of sp³-hybridized carbons (Fsp3) is 0.167. The summed E-state index contributed by atoms with van der Waals surface area (Å²) in [6, 6.07) is 3.00. The lowest BCUT2D eigenvalue weighted by atomic mass is 10.0. The monoisotopic (exact) mass is 326 g/mol. The van der Waals surface area contributed by atoms with Crippen molar-refractivity contribution in [2.24, 2.45) is 5.73 Å². The molecule has 2 aromatic rings. The Morgan fingerprint density at radius 1 is 1.48 bits per heavy atom. The Hall–Kier alpha value is -1.73. The molecule has 0 spiro atoms. The van der Waals surface area contributed by atoms with Crippen molar-refractivity contribution in [3.05, 3.63) is 33.6 Å². The van der Waals surface area contributed by atoms with E-state index in [4.69, 9.17) is 20.3 Å². The van der Waals surface area contributed by atoms with Gasteiger partial charge in [-0.25, -0.2) is 4.98 Å². The van der Waals surface area contributed by atoms with E-state index >= 15 is 0 Å². The van der Waals surface area contributed by atoms with Gasteiger partial charge in [0.1, 0.15) is 5.75 Å². The Labute approximate surface area is 123 Å². The molecule has 1 aromatic heterocycles. The lowest BCUT2D eigenvalue weighted by Gasteiger charge is -2.13. The zero-order valence-electron chi connectivity index (χ0n) is 10.6. The molecule has 0 fully saturated rings. The van der Waals surface area contributed by atoms with Gasteiger partial charge >= 0.3 is 7.60 Å². The van der Waals surface area contributed by atoms with Crippen LogP contribution >= 0.6 is 18.9 Å². The van der Waals surface area contributed by atoms with Gasteiger partial charge in [-0.3, -0.25) is 9.36 Å². The summed E-state index contributed by atoms with van der Waals surface area (Å²) >= 11 is 1.45. The van der Waals surface area contributed by atoms with E-state index in [-0.39, 0.29) is 0 Å². The molecule has 9 heteroatoms. The first-order valence-corrected chi connectivity index (χ1v) is 8.60. The van der Waals surface area contributed by atoms with Crippen molar-refractivity contribution in [2.45, 2.75) is 6.42 Å². The van der Waals surface area contributed by atoms with E-state index in [0.29, 0.717) is 34.6 Å². The molecule has 0 atom stereocenters. The van der Waals surface area contributed by atoms with E-state index in [2.05, 4.69) is 4.98 Å². The van der Waals surface area contributed by atoms with Crippen LogP contribution in [0.25, 0.3) is 11.3 Å². The van der Waals surface area contributed by atoms with E-state index in [1.54, 1.807) is 5.51 Å². The topological polar surface area (TPSA) is 123 Å². The van der Waals surface area contributed by atoms with Crippen LogP contribution in [0, 0.1) is 0 Å². The van der Waals surface area contributed by atoms with Gasteiger partial charge in [0.05, 0.1) is 11.2 Å². The second-order valence-corrected chi connectivity index (χ2v) is 7.09. The Morgan fingerprint density at radius 3 is 2.90 bits per heavy atom. The molecule has 1 heterocycles. The first-order chi connectivity index (χ1) is 9.87. The lowest BCUT2D eigenvalue weighted by Crippen LogP contribution is -2.14. The average molecular weight is 326 g/mol. The van der Waals surface area contributed by atoms with Crippen molar-refractivity contribution in [2.75, 3.05) is 6.35 Å². The summed E-state index contributed by atoms with van der Waals surface area (Å²) < 4.78 is 16.2. The molecule has 0 aliphatic heterocycles. The molecule has 7 nitrogen and oxygen atoms in total. The van der Waals surface area contributed by atoms with E-state index in [9.17, 15) is 9.36 Å². The number of nitrogens with two attached hydrogens (primary N) is 1. The maximum atomic E-state index is 11.5. The van der Waals surface area contributed by atoms with Gasteiger partial charge in [-0.05, 0) is 17.7 Å². The standard InChI is InChI=1S/C12H11N2O5PS/c13-12(15)6-1-2-8(19-5-20(16,17)18)10-7(6)3-9-11(10)14-4-21-9/h1-2,4H,3,5H2,(H2,13,15)(H2,16,17,18). The summed E-state index contributed by atoms with van der Waals surface area (Å²) in [5.41, 5.74) is 9.38. The molecular formula is C12H11N2O5PS. The molecule has 0 saturated heterocycles. The zero-order chi connectivity index (χ0) is 15.2. The summed E-state index contributed by atoms with van der Waals surface area (Å²) in [4.78, 5) is 34.6. The summed E-state index contributed by atoms with van der Waals surface area (Å²) in [6.07, 6.45) is -0.213. The highest BCUT2D eigenvalue weighted by Gasteiger charge is 2.29. The fourth-order valence-electron chi connectivity index (χ4n) is 2.33. The summed E-state index contributed by atoms with van der Waals surface area (Å²) in [6.45, 7) is 0. The number of thiazole rings is 1. The van der Waals surface area contributed by atoms with Crippen LogP contribution in [0.4, 0.5) is 0 Å².